The van der Waals surface area contributed by atoms with Gasteiger partial charge < -0.3 is 0 Å². The standard InChI is InChI=1S/C17H18ClNO2S/c1-12(14-6-5-13-3-2-4-15(13)11-14)19-22(20,21)17-9-7-16(18)8-10-17/h5-12,19H,2-4H2,1H3. The average molecular weight is 336 g/mol. The first kappa shape index (κ1) is 15.5. The largest absolute Gasteiger partial charge is 0.241 e. The summed E-state index contributed by atoms with van der Waals surface area (Å²) in [7, 11) is -3.55. The van der Waals surface area contributed by atoms with E-state index in [1.807, 2.05) is 13.0 Å². The maximum atomic E-state index is 12.4. The van der Waals surface area contributed by atoms with Gasteiger partial charge in [-0.05, 0) is 67.1 Å². The smallest absolute Gasteiger partial charge is 0.207 e. The third-order valence-electron chi connectivity index (χ3n) is 4.08. The molecule has 1 aliphatic rings. The van der Waals surface area contributed by atoms with Crippen molar-refractivity contribution in [3.63, 3.8) is 0 Å². The molecule has 1 N–H and O–H groups in total. The fraction of sp³-hybridized carbons (Fsp3) is 0.294. The summed E-state index contributed by atoms with van der Waals surface area (Å²) in [6.07, 6.45) is 3.39. The van der Waals surface area contributed by atoms with E-state index in [2.05, 4.69) is 16.9 Å². The lowest BCUT2D eigenvalue weighted by molar-refractivity contribution is 0.567. The van der Waals surface area contributed by atoms with Crippen LogP contribution in [0, 0.1) is 0 Å². The first-order valence-electron chi connectivity index (χ1n) is 7.35. The van der Waals surface area contributed by atoms with Crippen LogP contribution in [-0.4, -0.2) is 8.42 Å². The molecule has 0 heterocycles. The zero-order chi connectivity index (χ0) is 15.7. The Labute approximate surface area is 136 Å². The van der Waals surface area contributed by atoms with Crippen molar-refractivity contribution in [1.82, 2.24) is 4.72 Å². The SMILES string of the molecule is CC(NS(=O)(=O)c1ccc(Cl)cc1)c1ccc2c(c1)CCC2. The van der Waals surface area contributed by atoms with E-state index in [4.69, 9.17) is 11.6 Å². The Balaban J connectivity index is 1.81. The summed E-state index contributed by atoms with van der Waals surface area (Å²) >= 11 is 5.80. The molecule has 0 spiro atoms. The second kappa shape index (κ2) is 6.03. The second-order valence-corrected chi connectivity index (χ2v) is 7.83. The van der Waals surface area contributed by atoms with Gasteiger partial charge in [0.1, 0.15) is 0 Å². The molecule has 0 radical (unpaired) electrons. The number of halogens is 1. The highest BCUT2D eigenvalue weighted by molar-refractivity contribution is 7.89. The van der Waals surface area contributed by atoms with E-state index in [1.165, 1.54) is 29.7 Å². The summed E-state index contributed by atoms with van der Waals surface area (Å²) in [5.41, 5.74) is 3.73. The molecule has 1 aliphatic carbocycles. The molecule has 3 rings (SSSR count). The molecular weight excluding hydrogens is 318 g/mol. The molecule has 0 bridgehead atoms. The van der Waals surface area contributed by atoms with Crippen molar-refractivity contribution in [3.8, 4) is 0 Å². The predicted octanol–water partition coefficient (Wildman–Crippen LogP) is 3.87. The molecule has 0 amide bonds. The van der Waals surface area contributed by atoms with E-state index in [0.29, 0.717) is 5.02 Å². The Hall–Kier alpha value is -1.36. The first-order chi connectivity index (χ1) is 10.5. The third kappa shape index (κ3) is 3.19. The highest BCUT2D eigenvalue weighted by Crippen LogP contribution is 2.26. The van der Waals surface area contributed by atoms with Crippen molar-refractivity contribution in [2.75, 3.05) is 0 Å². The average Bonchev–Trinajstić information content (AvgIpc) is 2.94. The summed E-state index contributed by atoms with van der Waals surface area (Å²) in [6, 6.07) is 12.2. The maximum Gasteiger partial charge on any atom is 0.241 e. The number of fused-ring (bicyclic) bond motifs is 1. The van der Waals surface area contributed by atoms with Crippen LogP contribution < -0.4 is 4.72 Å². The molecule has 0 aliphatic heterocycles. The molecule has 3 nitrogen and oxygen atoms in total. The van der Waals surface area contributed by atoms with Gasteiger partial charge in [0.05, 0.1) is 4.90 Å². The number of hydrogen-bond donors (Lipinski definition) is 1. The fourth-order valence-corrected chi connectivity index (χ4v) is 4.20. The lowest BCUT2D eigenvalue weighted by atomic mass is 10.0. The Bertz CT molecular complexity index is 785. The number of sulfonamides is 1. The zero-order valence-corrected chi connectivity index (χ0v) is 13.9. The molecule has 0 saturated carbocycles. The molecule has 5 heteroatoms. The van der Waals surface area contributed by atoms with Gasteiger partial charge in [0.2, 0.25) is 10.0 Å². The zero-order valence-electron chi connectivity index (χ0n) is 12.3. The van der Waals surface area contributed by atoms with Gasteiger partial charge in [-0.25, -0.2) is 13.1 Å². The summed E-state index contributed by atoms with van der Waals surface area (Å²) in [5, 5.41) is 0.519. The van der Waals surface area contributed by atoms with Gasteiger partial charge >= 0.3 is 0 Å². The van der Waals surface area contributed by atoms with Gasteiger partial charge in [-0.3, -0.25) is 0 Å². The van der Waals surface area contributed by atoms with Gasteiger partial charge in [0, 0.05) is 11.1 Å². The van der Waals surface area contributed by atoms with Crippen LogP contribution in [0.3, 0.4) is 0 Å². The van der Waals surface area contributed by atoms with Crippen LogP contribution in [0.15, 0.2) is 47.4 Å². The highest BCUT2D eigenvalue weighted by Gasteiger charge is 2.19. The minimum Gasteiger partial charge on any atom is -0.207 e. The minimum atomic E-state index is -3.55. The molecule has 116 valence electrons. The van der Waals surface area contributed by atoms with E-state index in [9.17, 15) is 8.42 Å². The molecule has 22 heavy (non-hydrogen) atoms. The Morgan fingerprint density at radius 1 is 1.05 bits per heavy atom. The van der Waals surface area contributed by atoms with Crippen LogP contribution >= 0.6 is 11.6 Å². The van der Waals surface area contributed by atoms with Crippen molar-refractivity contribution >= 4 is 21.6 Å². The van der Waals surface area contributed by atoms with Crippen LogP contribution in [0.4, 0.5) is 0 Å². The van der Waals surface area contributed by atoms with E-state index in [-0.39, 0.29) is 10.9 Å². The predicted molar refractivity (Wildman–Crippen MR) is 88.7 cm³/mol. The van der Waals surface area contributed by atoms with Gasteiger partial charge in [-0.15, -0.1) is 0 Å². The Morgan fingerprint density at radius 3 is 2.45 bits per heavy atom. The summed E-state index contributed by atoms with van der Waals surface area (Å²) in [5.74, 6) is 0. The van der Waals surface area contributed by atoms with Crippen molar-refractivity contribution in [3.05, 3.63) is 64.2 Å². The van der Waals surface area contributed by atoms with Gasteiger partial charge in [-0.1, -0.05) is 29.8 Å². The van der Waals surface area contributed by atoms with Crippen molar-refractivity contribution in [1.29, 1.82) is 0 Å². The molecule has 1 unspecified atom stereocenters. The second-order valence-electron chi connectivity index (χ2n) is 5.68. The summed E-state index contributed by atoms with van der Waals surface area (Å²) in [4.78, 5) is 0.227. The molecule has 1 atom stereocenters. The normalized spacial score (nSPS) is 15.5. The Kier molecular flexibility index (Phi) is 4.26. The maximum absolute atomic E-state index is 12.4. The van der Waals surface area contributed by atoms with E-state index in [1.54, 1.807) is 12.1 Å². The van der Waals surface area contributed by atoms with E-state index in [0.717, 1.165) is 18.4 Å². The van der Waals surface area contributed by atoms with Gasteiger partial charge in [-0.2, -0.15) is 0 Å². The first-order valence-corrected chi connectivity index (χ1v) is 9.21. The number of aryl methyl sites for hydroxylation is 2. The molecule has 0 fully saturated rings. The lowest BCUT2D eigenvalue weighted by Crippen LogP contribution is -2.26. The quantitative estimate of drug-likeness (QED) is 0.922. The fourth-order valence-electron chi connectivity index (χ4n) is 2.84. The van der Waals surface area contributed by atoms with Crippen LogP contribution in [0.1, 0.15) is 36.1 Å². The lowest BCUT2D eigenvalue weighted by Gasteiger charge is -2.16. The van der Waals surface area contributed by atoms with E-state index < -0.39 is 10.0 Å². The molecule has 2 aromatic carbocycles. The third-order valence-corrected chi connectivity index (χ3v) is 5.89. The van der Waals surface area contributed by atoms with Crippen molar-refractivity contribution in [2.45, 2.75) is 37.1 Å². The number of benzene rings is 2. The molecule has 0 saturated heterocycles. The topological polar surface area (TPSA) is 46.2 Å². The highest BCUT2D eigenvalue weighted by atomic mass is 35.5. The number of nitrogens with one attached hydrogen (secondary N) is 1. The van der Waals surface area contributed by atoms with Gasteiger partial charge in [0.15, 0.2) is 0 Å². The molecule has 0 aromatic heterocycles. The summed E-state index contributed by atoms with van der Waals surface area (Å²) < 4.78 is 27.5. The monoisotopic (exact) mass is 335 g/mol. The molecule has 2 aromatic rings. The Morgan fingerprint density at radius 2 is 1.73 bits per heavy atom. The van der Waals surface area contributed by atoms with Crippen LogP contribution in [0.2, 0.25) is 5.02 Å². The van der Waals surface area contributed by atoms with Gasteiger partial charge in [0.25, 0.3) is 0 Å². The molecular formula is C17H18ClNO2S. The van der Waals surface area contributed by atoms with Crippen molar-refractivity contribution < 1.29 is 8.42 Å². The number of rotatable bonds is 4. The van der Waals surface area contributed by atoms with E-state index >= 15 is 0 Å². The minimum absolute atomic E-state index is 0.227. The number of hydrogen-bond acceptors (Lipinski definition) is 2. The van der Waals surface area contributed by atoms with Crippen molar-refractivity contribution in [2.24, 2.45) is 0 Å². The summed E-state index contributed by atoms with van der Waals surface area (Å²) in [6.45, 7) is 1.87. The van der Waals surface area contributed by atoms with Crippen LogP contribution in [0.25, 0.3) is 0 Å². The van der Waals surface area contributed by atoms with Crippen LogP contribution in [-0.2, 0) is 22.9 Å². The van der Waals surface area contributed by atoms with Crippen LogP contribution in [0.5, 0.6) is 0 Å².